The normalized spacial score (nSPS) is 17.3. The maximum absolute atomic E-state index is 12.2. The van der Waals surface area contributed by atoms with E-state index in [2.05, 4.69) is 15.9 Å². The lowest BCUT2D eigenvalue weighted by atomic mass is 9.91. The lowest BCUT2D eigenvalue weighted by Gasteiger charge is -2.21. The predicted molar refractivity (Wildman–Crippen MR) is 66.4 cm³/mol. The highest BCUT2D eigenvalue weighted by molar-refractivity contribution is 9.10. The van der Waals surface area contributed by atoms with E-state index in [0.717, 1.165) is 17.3 Å². The summed E-state index contributed by atoms with van der Waals surface area (Å²) in [6.45, 7) is 1.36. The van der Waals surface area contributed by atoms with Gasteiger partial charge in [-0.3, -0.25) is 4.79 Å². The molecule has 2 N–H and O–H groups in total. The number of carbonyl (C=O) groups is 1. The third kappa shape index (κ3) is 2.62. The molecule has 0 amide bonds. The summed E-state index contributed by atoms with van der Waals surface area (Å²) in [5.41, 5.74) is 7.03. The second-order valence-electron chi connectivity index (χ2n) is 4.02. The summed E-state index contributed by atoms with van der Waals surface area (Å²) in [6.07, 6.45) is 1.62. The molecule has 0 aliphatic carbocycles. The van der Waals surface area contributed by atoms with E-state index >= 15 is 0 Å². The Morgan fingerprint density at radius 1 is 1.31 bits per heavy atom. The molecule has 1 aliphatic rings. The first-order valence-electron chi connectivity index (χ1n) is 5.35. The molecule has 1 aromatic rings. The molecular weight excluding hydrogens is 270 g/mol. The van der Waals surface area contributed by atoms with Crippen molar-refractivity contribution in [1.29, 1.82) is 0 Å². The number of rotatable bonds is 2. The number of ether oxygens (including phenoxy) is 1. The number of anilines is 1. The van der Waals surface area contributed by atoms with Crippen molar-refractivity contribution in [2.75, 3.05) is 18.9 Å². The van der Waals surface area contributed by atoms with Crippen LogP contribution in [0.4, 0.5) is 5.69 Å². The zero-order valence-corrected chi connectivity index (χ0v) is 10.5. The largest absolute Gasteiger partial charge is 0.399 e. The Morgan fingerprint density at radius 2 is 2.00 bits per heavy atom. The van der Waals surface area contributed by atoms with Crippen LogP contribution in [0.15, 0.2) is 22.7 Å². The fraction of sp³-hybridized carbons (Fsp3) is 0.417. The van der Waals surface area contributed by atoms with Crippen molar-refractivity contribution in [3.8, 4) is 0 Å². The zero-order chi connectivity index (χ0) is 11.5. The number of hydrogen-bond donors (Lipinski definition) is 1. The van der Waals surface area contributed by atoms with Crippen LogP contribution in [0.1, 0.15) is 23.2 Å². The Bertz CT molecular complexity index is 380. The van der Waals surface area contributed by atoms with Gasteiger partial charge in [0, 0.05) is 34.9 Å². The van der Waals surface area contributed by atoms with Gasteiger partial charge in [-0.1, -0.05) is 15.9 Å². The maximum atomic E-state index is 12.2. The minimum Gasteiger partial charge on any atom is -0.399 e. The number of carbonyl (C=O) groups excluding carboxylic acids is 1. The van der Waals surface area contributed by atoms with Gasteiger partial charge in [-0.25, -0.2) is 0 Å². The highest BCUT2D eigenvalue weighted by Gasteiger charge is 2.23. The molecule has 0 bridgehead atoms. The molecule has 0 saturated carbocycles. The summed E-state index contributed by atoms with van der Waals surface area (Å²) in [5.74, 6) is 0.263. The quantitative estimate of drug-likeness (QED) is 0.671. The van der Waals surface area contributed by atoms with Gasteiger partial charge in [-0.2, -0.15) is 0 Å². The Morgan fingerprint density at radius 3 is 2.62 bits per heavy atom. The van der Waals surface area contributed by atoms with Crippen LogP contribution in [0.2, 0.25) is 0 Å². The van der Waals surface area contributed by atoms with E-state index in [1.807, 2.05) is 6.07 Å². The minimum atomic E-state index is 0.0856. The second-order valence-corrected chi connectivity index (χ2v) is 4.94. The molecule has 0 unspecified atom stereocenters. The number of hydrogen-bond acceptors (Lipinski definition) is 3. The average Bonchev–Trinajstić information content (AvgIpc) is 2.28. The number of halogens is 1. The zero-order valence-electron chi connectivity index (χ0n) is 8.91. The smallest absolute Gasteiger partial charge is 0.166 e. The monoisotopic (exact) mass is 283 g/mol. The molecule has 1 saturated heterocycles. The first-order chi connectivity index (χ1) is 7.66. The van der Waals surface area contributed by atoms with Gasteiger partial charge in [0.2, 0.25) is 0 Å². The van der Waals surface area contributed by atoms with Crippen molar-refractivity contribution in [3.05, 3.63) is 28.2 Å². The molecule has 3 nitrogen and oxygen atoms in total. The first kappa shape index (κ1) is 11.6. The molecule has 2 rings (SSSR count). The van der Waals surface area contributed by atoms with E-state index in [4.69, 9.17) is 10.5 Å². The van der Waals surface area contributed by atoms with Gasteiger partial charge < -0.3 is 10.5 Å². The second kappa shape index (κ2) is 4.97. The average molecular weight is 284 g/mol. The van der Waals surface area contributed by atoms with Crippen LogP contribution in [0.3, 0.4) is 0 Å². The Labute approximate surface area is 103 Å². The minimum absolute atomic E-state index is 0.0856. The van der Waals surface area contributed by atoms with Gasteiger partial charge >= 0.3 is 0 Å². The highest BCUT2D eigenvalue weighted by atomic mass is 79.9. The summed E-state index contributed by atoms with van der Waals surface area (Å²) in [5, 5.41) is 0. The van der Waals surface area contributed by atoms with Crippen LogP contribution in [0.5, 0.6) is 0 Å². The van der Waals surface area contributed by atoms with Crippen LogP contribution in [-0.4, -0.2) is 19.0 Å². The highest BCUT2D eigenvalue weighted by Crippen LogP contribution is 2.24. The van der Waals surface area contributed by atoms with Gasteiger partial charge in [0.05, 0.1) is 0 Å². The Balaban J connectivity index is 2.19. The SMILES string of the molecule is Nc1cc(Br)cc(C(=O)C2CCOCC2)c1. The van der Waals surface area contributed by atoms with Crippen molar-refractivity contribution in [1.82, 2.24) is 0 Å². The van der Waals surface area contributed by atoms with Crippen molar-refractivity contribution in [2.45, 2.75) is 12.8 Å². The molecule has 0 radical (unpaired) electrons. The van der Waals surface area contributed by atoms with Crippen molar-refractivity contribution in [3.63, 3.8) is 0 Å². The number of Topliss-reactive ketones (excluding diaryl/α,β-unsaturated/α-hetero) is 1. The molecule has 1 heterocycles. The van der Waals surface area contributed by atoms with Gasteiger partial charge in [0.25, 0.3) is 0 Å². The van der Waals surface area contributed by atoms with Crippen LogP contribution in [0, 0.1) is 5.92 Å². The summed E-state index contributed by atoms with van der Waals surface area (Å²) < 4.78 is 6.10. The van der Waals surface area contributed by atoms with Crippen molar-refractivity contribution < 1.29 is 9.53 Å². The van der Waals surface area contributed by atoms with Crippen LogP contribution in [0.25, 0.3) is 0 Å². The lowest BCUT2D eigenvalue weighted by Crippen LogP contribution is -2.23. The molecule has 16 heavy (non-hydrogen) atoms. The van der Waals surface area contributed by atoms with Crippen molar-refractivity contribution in [2.24, 2.45) is 5.92 Å². The number of nitrogen functional groups attached to an aromatic ring is 1. The van der Waals surface area contributed by atoms with Crippen LogP contribution >= 0.6 is 15.9 Å². The Hall–Kier alpha value is -0.870. The first-order valence-corrected chi connectivity index (χ1v) is 6.14. The van der Waals surface area contributed by atoms with E-state index in [-0.39, 0.29) is 11.7 Å². The lowest BCUT2D eigenvalue weighted by molar-refractivity contribution is 0.0545. The third-order valence-electron chi connectivity index (χ3n) is 2.80. The molecule has 1 fully saturated rings. The summed E-state index contributed by atoms with van der Waals surface area (Å²) >= 11 is 3.35. The molecule has 4 heteroatoms. The molecular formula is C12H14BrNO2. The van der Waals surface area contributed by atoms with Gasteiger partial charge in [0.1, 0.15) is 0 Å². The van der Waals surface area contributed by atoms with E-state index in [9.17, 15) is 4.79 Å². The number of ketones is 1. The topological polar surface area (TPSA) is 52.3 Å². The Kier molecular flexibility index (Phi) is 3.61. The standard InChI is InChI=1S/C12H14BrNO2/c13-10-5-9(6-11(14)7-10)12(15)8-1-3-16-4-2-8/h5-8H,1-4,14H2. The van der Waals surface area contributed by atoms with Crippen LogP contribution < -0.4 is 5.73 Å². The maximum Gasteiger partial charge on any atom is 0.166 e. The molecule has 86 valence electrons. The van der Waals surface area contributed by atoms with Gasteiger partial charge in [-0.15, -0.1) is 0 Å². The van der Waals surface area contributed by atoms with E-state index < -0.39 is 0 Å². The van der Waals surface area contributed by atoms with Crippen molar-refractivity contribution >= 4 is 27.4 Å². The molecule has 1 aromatic carbocycles. The molecule has 0 aromatic heterocycles. The number of nitrogens with two attached hydrogens (primary N) is 1. The fourth-order valence-corrected chi connectivity index (χ4v) is 2.46. The van der Waals surface area contributed by atoms with Gasteiger partial charge in [-0.05, 0) is 31.0 Å². The molecule has 1 aliphatic heterocycles. The summed E-state index contributed by atoms with van der Waals surface area (Å²) in [6, 6.07) is 5.36. The fourth-order valence-electron chi connectivity index (χ4n) is 1.95. The van der Waals surface area contributed by atoms with E-state index in [0.29, 0.717) is 24.5 Å². The van der Waals surface area contributed by atoms with E-state index in [1.54, 1.807) is 12.1 Å². The predicted octanol–water partition coefficient (Wildman–Crippen LogP) is 2.64. The number of benzene rings is 1. The van der Waals surface area contributed by atoms with E-state index in [1.165, 1.54) is 0 Å². The molecule has 0 spiro atoms. The summed E-state index contributed by atoms with van der Waals surface area (Å²) in [4.78, 5) is 12.2. The van der Waals surface area contributed by atoms with Gasteiger partial charge in [0.15, 0.2) is 5.78 Å². The summed E-state index contributed by atoms with van der Waals surface area (Å²) in [7, 11) is 0. The molecule has 0 atom stereocenters. The van der Waals surface area contributed by atoms with Crippen LogP contribution in [-0.2, 0) is 4.74 Å². The third-order valence-corrected chi connectivity index (χ3v) is 3.25.